The average molecular weight is 423 g/mol. The number of rotatable bonds is 7. The molecule has 9 heteroatoms. The lowest BCUT2D eigenvalue weighted by atomic mass is 10.1. The van der Waals surface area contributed by atoms with Gasteiger partial charge in [0.25, 0.3) is 0 Å². The van der Waals surface area contributed by atoms with Crippen LogP contribution < -0.4 is 10.2 Å². The third kappa shape index (κ3) is 5.67. The van der Waals surface area contributed by atoms with E-state index in [1.807, 2.05) is 18.2 Å². The molecule has 1 fully saturated rings. The summed E-state index contributed by atoms with van der Waals surface area (Å²) in [4.78, 5) is 18.4. The third-order valence-corrected chi connectivity index (χ3v) is 6.69. The summed E-state index contributed by atoms with van der Waals surface area (Å²) in [6.07, 6.45) is 1.92. The van der Waals surface area contributed by atoms with E-state index >= 15 is 0 Å². The molecule has 1 N–H and O–H groups in total. The lowest BCUT2D eigenvalue weighted by Crippen LogP contribution is -2.50. The van der Waals surface area contributed by atoms with Gasteiger partial charge >= 0.3 is 0 Å². The first-order valence-electron chi connectivity index (χ1n) is 9.09. The van der Waals surface area contributed by atoms with Gasteiger partial charge in [-0.3, -0.25) is 4.79 Å². The highest BCUT2D eigenvalue weighted by Crippen LogP contribution is 2.14. The van der Waals surface area contributed by atoms with Gasteiger partial charge in [-0.05, 0) is 29.8 Å². The Bertz CT molecular complexity index is 883. The Morgan fingerprint density at radius 2 is 1.79 bits per heavy atom. The number of hydrogen-bond donors (Lipinski definition) is 1. The maximum Gasteiger partial charge on any atom is 0.224 e. The lowest BCUT2D eigenvalue weighted by molar-refractivity contribution is -0.120. The fourth-order valence-electron chi connectivity index (χ4n) is 3.03. The fraction of sp³-hybridized carbons (Fsp3) is 0.368. The molecule has 0 saturated carbocycles. The highest BCUT2D eigenvalue weighted by atomic mass is 35.5. The molecule has 28 heavy (non-hydrogen) atoms. The van der Waals surface area contributed by atoms with Crippen LogP contribution in [0, 0.1) is 0 Å². The first kappa shape index (κ1) is 20.6. The predicted octanol–water partition coefficient (Wildman–Crippen LogP) is 1.55. The van der Waals surface area contributed by atoms with Gasteiger partial charge in [-0.1, -0.05) is 29.8 Å². The van der Waals surface area contributed by atoms with Crippen LogP contribution in [0.4, 0.5) is 5.82 Å². The summed E-state index contributed by atoms with van der Waals surface area (Å²) in [7, 11) is -3.41. The molecule has 0 aliphatic carbocycles. The number of sulfonamides is 1. The normalized spacial score (nSPS) is 15.4. The molecule has 0 radical (unpaired) electrons. The van der Waals surface area contributed by atoms with E-state index in [-0.39, 0.29) is 24.6 Å². The van der Waals surface area contributed by atoms with Gasteiger partial charge in [0, 0.05) is 43.9 Å². The number of aromatic nitrogens is 1. The second-order valence-electron chi connectivity index (χ2n) is 6.54. The number of piperazine rings is 1. The monoisotopic (exact) mass is 422 g/mol. The number of benzene rings is 1. The topological polar surface area (TPSA) is 82.6 Å². The van der Waals surface area contributed by atoms with Crippen LogP contribution in [0.15, 0.2) is 48.7 Å². The van der Waals surface area contributed by atoms with Gasteiger partial charge in [0.05, 0.1) is 12.2 Å². The minimum atomic E-state index is -3.41. The summed E-state index contributed by atoms with van der Waals surface area (Å²) in [5, 5.41) is 3.29. The van der Waals surface area contributed by atoms with Crippen molar-refractivity contribution in [1.82, 2.24) is 14.6 Å². The van der Waals surface area contributed by atoms with Crippen LogP contribution in [-0.4, -0.2) is 62.1 Å². The maximum absolute atomic E-state index is 12.5. The second-order valence-corrected chi connectivity index (χ2v) is 9.07. The third-order valence-electron chi connectivity index (χ3n) is 4.57. The molecular weight excluding hydrogens is 400 g/mol. The van der Waals surface area contributed by atoms with E-state index in [4.69, 9.17) is 11.6 Å². The Hall–Kier alpha value is -2.16. The molecule has 1 saturated heterocycles. The van der Waals surface area contributed by atoms with Crippen molar-refractivity contribution in [2.75, 3.05) is 43.4 Å². The van der Waals surface area contributed by atoms with Crippen LogP contribution in [0.2, 0.25) is 5.02 Å². The van der Waals surface area contributed by atoms with E-state index in [1.54, 1.807) is 30.5 Å². The predicted molar refractivity (Wildman–Crippen MR) is 110 cm³/mol. The second kappa shape index (κ2) is 9.36. The van der Waals surface area contributed by atoms with Crippen molar-refractivity contribution < 1.29 is 13.2 Å². The smallest absolute Gasteiger partial charge is 0.224 e. The first-order chi connectivity index (χ1) is 13.4. The molecular formula is C19H23ClN4O3S. The quantitative estimate of drug-likeness (QED) is 0.732. The van der Waals surface area contributed by atoms with E-state index in [1.165, 1.54) is 4.31 Å². The minimum absolute atomic E-state index is 0.0925. The lowest BCUT2D eigenvalue weighted by Gasteiger charge is -2.34. The van der Waals surface area contributed by atoms with Crippen molar-refractivity contribution in [3.05, 3.63) is 59.2 Å². The standard InChI is InChI=1S/C19H23ClN4O3S/c20-17-6-4-16(5-7-17)15-19(25)22-9-14-28(26,27)24-12-10-23(11-13-24)18-3-1-2-8-21-18/h1-8H,9-15H2,(H,22,25). The molecule has 0 unspecified atom stereocenters. The zero-order chi connectivity index (χ0) is 20.0. The average Bonchev–Trinajstić information content (AvgIpc) is 2.70. The van der Waals surface area contributed by atoms with E-state index in [0.29, 0.717) is 31.2 Å². The summed E-state index contributed by atoms with van der Waals surface area (Å²) in [5.41, 5.74) is 0.829. The van der Waals surface area contributed by atoms with E-state index in [9.17, 15) is 13.2 Å². The number of amides is 1. The molecule has 0 atom stereocenters. The van der Waals surface area contributed by atoms with Crippen LogP contribution in [0.1, 0.15) is 5.56 Å². The van der Waals surface area contributed by atoms with Gasteiger partial charge in [0.1, 0.15) is 5.82 Å². The van der Waals surface area contributed by atoms with Crippen LogP contribution >= 0.6 is 11.6 Å². The maximum atomic E-state index is 12.5. The van der Waals surface area contributed by atoms with E-state index in [0.717, 1.165) is 11.4 Å². The summed E-state index contributed by atoms with van der Waals surface area (Å²) >= 11 is 5.82. The summed E-state index contributed by atoms with van der Waals surface area (Å²) in [6, 6.07) is 12.7. The number of pyridine rings is 1. The van der Waals surface area contributed by atoms with Gasteiger partial charge in [0.15, 0.2) is 0 Å². The summed E-state index contributed by atoms with van der Waals surface area (Å²) < 4.78 is 26.5. The summed E-state index contributed by atoms with van der Waals surface area (Å²) in [6.45, 7) is 2.11. The number of hydrogen-bond acceptors (Lipinski definition) is 5. The van der Waals surface area contributed by atoms with Crippen molar-refractivity contribution >= 4 is 33.3 Å². The highest BCUT2D eigenvalue weighted by Gasteiger charge is 2.27. The molecule has 1 aliphatic rings. The minimum Gasteiger partial charge on any atom is -0.355 e. The molecule has 2 heterocycles. The fourth-order valence-corrected chi connectivity index (χ4v) is 4.50. The van der Waals surface area contributed by atoms with E-state index in [2.05, 4.69) is 15.2 Å². The number of carbonyl (C=O) groups is 1. The number of nitrogens with one attached hydrogen (secondary N) is 1. The Kier molecular flexibility index (Phi) is 6.88. The van der Waals surface area contributed by atoms with Crippen molar-refractivity contribution in [2.45, 2.75) is 6.42 Å². The van der Waals surface area contributed by atoms with Gasteiger partial charge in [0.2, 0.25) is 15.9 Å². The molecule has 7 nitrogen and oxygen atoms in total. The van der Waals surface area contributed by atoms with Crippen molar-refractivity contribution in [2.24, 2.45) is 0 Å². The van der Waals surface area contributed by atoms with Gasteiger partial charge < -0.3 is 10.2 Å². The Morgan fingerprint density at radius 3 is 2.43 bits per heavy atom. The first-order valence-corrected chi connectivity index (χ1v) is 11.1. The van der Waals surface area contributed by atoms with Gasteiger partial charge in [-0.2, -0.15) is 4.31 Å². The van der Waals surface area contributed by atoms with Gasteiger partial charge in [-0.25, -0.2) is 13.4 Å². The molecule has 0 spiro atoms. The number of nitrogens with zero attached hydrogens (tertiary/aromatic N) is 3. The number of halogens is 1. The highest BCUT2D eigenvalue weighted by molar-refractivity contribution is 7.89. The molecule has 1 aromatic heterocycles. The van der Waals surface area contributed by atoms with Crippen LogP contribution in [0.3, 0.4) is 0 Å². The molecule has 1 amide bonds. The van der Waals surface area contributed by atoms with Crippen LogP contribution in [0.25, 0.3) is 0 Å². The SMILES string of the molecule is O=C(Cc1ccc(Cl)cc1)NCCS(=O)(=O)N1CCN(c2ccccn2)CC1. The van der Waals surface area contributed by atoms with Gasteiger partial charge in [-0.15, -0.1) is 0 Å². The van der Waals surface area contributed by atoms with Crippen molar-refractivity contribution in [3.8, 4) is 0 Å². The van der Waals surface area contributed by atoms with Crippen molar-refractivity contribution in [1.29, 1.82) is 0 Å². The Morgan fingerprint density at radius 1 is 1.07 bits per heavy atom. The number of anilines is 1. The van der Waals surface area contributed by atoms with Crippen molar-refractivity contribution in [3.63, 3.8) is 0 Å². The van der Waals surface area contributed by atoms with E-state index < -0.39 is 10.0 Å². The zero-order valence-corrected chi connectivity index (χ0v) is 17.0. The Labute approximate surface area is 170 Å². The summed E-state index contributed by atoms with van der Waals surface area (Å²) in [5.74, 6) is 0.537. The van der Waals surface area contributed by atoms with Crippen LogP contribution in [0.5, 0.6) is 0 Å². The molecule has 1 aliphatic heterocycles. The largest absolute Gasteiger partial charge is 0.355 e. The number of carbonyl (C=O) groups excluding carboxylic acids is 1. The zero-order valence-electron chi connectivity index (χ0n) is 15.4. The Balaban J connectivity index is 1.43. The molecule has 3 rings (SSSR count). The van der Waals surface area contributed by atoms with Crippen LogP contribution in [-0.2, 0) is 21.2 Å². The molecule has 2 aromatic rings. The molecule has 1 aromatic carbocycles. The molecule has 0 bridgehead atoms. The molecule has 150 valence electrons.